The largest absolute Gasteiger partial charge is 0.496 e. The first-order chi connectivity index (χ1) is 12.9. The number of benzene rings is 1. The lowest BCUT2D eigenvalue weighted by Gasteiger charge is -2.17. The molecule has 1 heterocycles. The molecule has 9 nitrogen and oxygen atoms in total. The van der Waals surface area contributed by atoms with Crippen molar-refractivity contribution in [3.05, 3.63) is 34.5 Å². The molecule has 1 aromatic heterocycles. The Morgan fingerprint density at radius 3 is 2.29 bits per heavy atom. The fraction of sp³-hybridized carbons (Fsp3) is 0.389. The Morgan fingerprint density at radius 1 is 1.18 bits per heavy atom. The molecule has 1 amide bonds. The maximum absolute atomic E-state index is 13.2. The molecule has 0 bridgehead atoms. The summed E-state index contributed by atoms with van der Waals surface area (Å²) < 4.78 is 36.1. The van der Waals surface area contributed by atoms with Crippen LogP contribution < -0.4 is 9.47 Å². The summed E-state index contributed by atoms with van der Waals surface area (Å²) in [4.78, 5) is 26.4. The standard InChI is InChI=1S/C18H23N3O6S/c1-10-8-12(15(26-6)11(2)16(10)28(7,24)25)14(22)13-9-19-21(5)17(13)27-18(23)20(3)4/h8-9H,1-7H3. The average molecular weight is 409 g/mol. The number of aryl methyl sites for hydroxylation is 2. The number of amides is 1. The number of rotatable bonds is 5. The molecule has 1 aromatic carbocycles. The van der Waals surface area contributed by atoms with Crippen LogP contribution >= 0.6 is 0 Å². The molecule has 152 valence electrons. The van der Waals surface area contributed by atoms with Gasteiger partial charge in [-0.2, -0.15) is 5.10 Å². The molecule has 0 saturated heterocycles. The highest BCUT2D eigenvalue weighted by molar-refractivity contribution is 7.90. The van der Waals surface area contributed by atoms with Gasteiger partial charge in [-0.25, -0.2) is 17.9 Å². The third kappa shape index (κ3) is 3.86. The summed E-state index contributed by atoms with van der Waals surface area (Å²) >= 11 is 0. The number of methoxy groups -OCH3 is 1. The lowest BCUT2D eigenvalue weighted by molar-refractivity contribution is 0.103. The Labute approximate surface area is 163 Å². The summed E-state index contributed by atoms with van der Waals surface area (Å²) in [7, 11) is 2.41. The van der Waals surface area contributed by atoms with E-state index >= 15 is 0 Å². The van der Waals surface area contributed by atoms with Crippen LogP contribution in [-0.4, -0.2) is 62.4 Å². The van der Waals surface area contributed by atoms with Crippen LogP contribution in [0.2, 0.25) is 0 Å². The van der Waals surface area contributed by atoms with E-state index < -0.39 is 21.7 Å². The summed E-state index contributed by atoms with van der Waals surface area (Å²) in [6.45, 7) is 3.19. The Kier molecular flexibility index (Phi) is 5.83. The van der Waals surface area contributed by atoms with Crippen LogP contribution in [0.5, 0.6) is 11.6 Å². The molecule has 0 aliphatic carbocycles. The van der Waals surface area contributed by atoms with Gasteiger partial charge in [0, 0.05) is 33.0 Å². The minimum absolute atomic E-state index is 0.0201. The summed E-state index contributed by atoms with van der Waals surface area (Å²) in [5.41, 5.74) is 0.964. The van der Waals surface area contributed by atoms with Crippen LogP contribution in [0.15, 0.2) is 17.2 Å². The number of hydrogen-bond acceptors (Lipinski definition) is 7. The van der Waals surface area contributed by atoms with Gasteiger partial charge in [0.05, 0.1) is 23.8 Å². The summed E-state index contributed by atoms with van der Waals surface area (Å²) in [6, 6.07) is 1.45. The van der Waals surface area contributed by atoms with Crippen molar-refractivity contribution in [1.29, 1.82) is 0 Å². The van der Waals surface area contributed by atoms with Gasteiger partial charge in [-0.3, -0.25) is 4.79 Å². The van der Waals surface area contributed by atoms with Crippen molar-refractivity contribution in [2.45, 2.75) is 18.7 Å². The molecule has 28 heavy (non-hydrogen) atoms. The predicted molar refractivity (Wildman–Crippen MR) is 102 cm³/mol. The molecule has 0 fully saturated rings. The summed E-state index contributed by atoms with van der Waals surface area (Å²) in [5.74, 6) is -0.379. The molecule has 0 aliphatic heterocycles. The van der Waals surface area contributed by atoms with Gasteiger partial charge in [0.1, 0.15) is 11.3 Å². The zero-order valence-corrected chi connectivity index (χ0v) is 17.7. The van der Waals surface area contributed by atoms with Gasteiger partial charge in [-0.05, 0) is 25.5 Å². The van der Waals surface area contributed by atoms with Crippen molar-refractivity contribution >= 4 is 21.7 Å². The van der Waals surface area contributed by atoms with Crippen LogP contribution in [0.25, 0.3) is 0 Å². The van der Waals surface area contributed by atoms with E-state index in [1.54, 1.807) is 13.8 Å². The number of sulfone groups is 1. The Morgan fingerprint density at radius 2 is 1.79 bits per heavy atom. The van der Waals surface area contributed by atoms with Crippen molar-refractivity contribution in [2.24, 2.45) is 7.05 Å². The zero-order valence-electron chi connectivity index (χ0n) is 16.9. The number of hydrogen-bond donors (Lipinski definition) is 0. The van der Waals surface area contributed by atoms with Crippen LogP contribution in [0.4, 0.5) is 4.79 Å². The third-order valence-corrected chi connectivity index (χ3v) is 5.51. The molecular weight excluding hydrogens is 386 g/mol. The molecule has 0 atom stereocenters. The fourth-order valence-corrected chi connectivity index (χ4v) is 4.27. The minimum Gasteiger partial charge on any atom is -0.496 e. The number of carbonyl (C=O) groups excluding carboxylic acids is 2. The molecule has 10 heteroatoms. The van der Waals surface area contributed by atoms with Crippen molar-refractivity contribution in [1.82, 2.24) is 14.7 Å². The average Bonchev–Trinajstić information content (AvgIpc) is 2.93. The van der Waals surface area contributed by atoms with Gasteiger partial charge in [0.25, 0.3) is 0 Å². The first-order valence-corrected chi connectivity index (χ1v) is 10.1. The highest BCUT2D eigenvalue weighted by atomic mass is 32.2. The number of ketones is 1. The van der Waals surface area contributed by atoms with Gasteiger partial charge >= 0.3 is 6.09 Å². The lowest BCUT2D eigenvalue weighted by atomic mass is 9.99. The molecule has 0 spiro atoms. The molecular formula is C18H23N3O6S. The minimum atomic E-state index is -3.52. The SMILES string of the molecule is COc1c(C(=O)c2cnn(C)c2OC(=O)N(C)C)cc(C)c(S(C)(=O)=O)c1C. The van der Waals surface area contributed by atoms with E-state index in [4.69, 9.17) is 9.47 Å². The second-order valence-corrected chi connectivity index (χ2v) is 8.53. The molecule has 0 saturated carbocycles. The van der Waals surface area contributed by atoms with E-state index in [1.165, 1.54) is 50.1 Å². The van der Waals surface area contributed by atoms with E-state index in [0.29, 0.717) is 11.1 Å². The normalized spacial score (nSPS) is 11.2. The molecule has 2 aromatic rings. The van der Waals surface area contributed by atoms with Gasteiger partial charge < -0.3 is 14.4 Å². The molecule has 0 unspecified atom stereocenters. The predicted octanol–water partition coefficient (Wildman–Crippen LogP) is 1.74. The molecule has 0 radical (unpaired) electrons. The van der Waals surface area contributed by atoms with Crippen molar-refractivity contribution < 1.29 is 27.5 Å². The number of ether oxygens (including phenoxy) is 2. The topological polar surface area (TPSA) is 108 Å². The second-order valence-electron chi connectivity index (χ2n) is 6.58. The smallest absolute Gasteiger partial charge is 0.416 e. The highest BCUT2D eigenvalue weighted by Crippen LogP contribution is 2.35. The maximum atomic E-state index is 13.2. The zero-order chi connectivity index (χ0) is 21.4. The fourth-order valence-electron chi connectivity index (χ4n) is 2.97. The van der Waals surface area contributed by atoms with Gasteiger partial charge in [-0.1, -0.05) is 0 Å². The number of nitrogens with zero attached hydrogens (tertiary/aromatic N) is 3. The van der Waals surface area contributed by atoms with E-state index in [2.05, 4.69) is 5.10 Å². The van der Waals surface area contributed by atoms with Gasteiger partial charge in [0.15, 0.2) is 9.84 Å². The van der Waals surface area contributed by atoms with Crippen LogP contribution in [0, 0.1) is 13.8 Å². The van der Waals surface area contributed by atoms with E-state index in [-0.39, 0.29) is 27.7 Å². The van der Waals surface area contributed by atoms with E-state index in [9.17, 15) is 18.0 Å². The summed E-state index contributed by atoms with van der Waals surface area (Å²) in [5, 5.41) is 4.00. The van der Waals surface area contributed by atoms with Crippen LogP contribution in [0.3, 0.4) is 0 Å². The third-order valence-electron chi connectivity index (χ3n) is 4.14. The molecule has 2 rings (SSSR count). The van der Waals surface area contributed by atoms with E-state index in [1.807, 2.05) is 0 Å². The Bertz CT molecular complexity index is 1050. The maximum Gasteiger partial charge on any atom is 0.416 e. The van der Waals surface area contributed by atoms with Gasteiger partial charge in [-0.15, -0.1) is 0 Å². The number of carbonyl (C=O) groups is 2. The van der Waals surface area contributed by atoms with E-state index in [0.717, 1.165) is 6.26 Å². The van der Waals surface area contributed by atoms with Crippen molar-refractivity contribution in [3.63, 3.8) is 0 Å². The quantitative estimate of drug-likeness (QED) is 0.692. The lowest BCUT2D eigenvalue weighted by Crippen LogP contribution is -2.26. The highest BCUT2D eigenvalue weighted by Gasteiger charge is 2.28. The van der Waals surface area contributed by atoms with Crippen LogP contribution in [-0.2, 0) is 16.9 Å². The molecule has 0 N–H and O–H groups in total. The summed E-state index contributed by atoms with van der Waals surface area (Å²) in [6.07, 6.45) is 1.72. The van der Waals surface area contributed by atoms with Gasteiger partial charge in [0.2, 0.25) is 11.7 Å². The van der Waals surface area contributed by atoms with Crippen molar-refractivity contribution in [2.75, 3.05) is 27.5 Å². The first kappa shape index (κ1) is 21.4. The van der Waals surface area contributed by atoms with Crippen molar-refractivity contribution in [3.8, 4) is 11.6 Å². The Hall–Kier alpha value is -2.88. The number of aromatic nitrogens is 2. The first-order valence-electron chi connectivity index (χ1n) is 8.24. The second kappa shape index (κ2) is 7.63. The Balaban J connectivity index is 2.65. The van der Waals surface area contributed by atoms with Crippen LogP contribution in [0.1, 0.15) is 27.0 Å². The molecule has 0 aliphatic rings. The monoisotopic (exact) mass is 409 g/mol.